The van der Waals surface area contributed by atoms with Gasteiger partial charge in [-0.15, -0.1) is 0 Å². The van der Waals surface area contributed by atoms with Gasteiger partial charge in [-0.05, 0) is 12.1 Å². The number of aromatic nitrogens is 2. The third-order valence-corrected chi connectivity index (χ3v) is 3.86. The van der Waals surface area contributed by atoms with Crippen LogP contribution in [0.2, 0.25) is 0 Å². The molecule has 1 saturated heterocycles. The molecule has 19 heavy (non-hydrogen) atoms. The highest BCUT2D eigenvalue weighted by molar-refractivity contribution is 5.78. The van der Waals surface area contributed by atoms with Gasteiger partial charge in [0.15, 0.2) is 0 Å². The Morgan fingerprint density at radius 3 is 3.00 bits per heavy atom. The van der Waals surface area contributed by atoms with E-state index in [0.29, 0.717) is 13.2 Å². The van der Waals surface area contributed by atoms with Gasteiger partial charge in [-0.1, -0.05) is 12.1 Å². The summed E-state index contributed by atoms with van der Waals surface area (Å²) < 4.78 is 13.1. The van der Waals surface area contributed by atoms with E-state index < -0.39 is 0 Å². The second-order valence-corrected chi connectivity index (χ2v) is 5.03. The normalized spacial score (nSPS) is 23.1. The number of aryl methyl sites for hydroxylation is 1. The van der Waals surface area contributed by atoms with Crippen LogP contribution in [-0.4, -0.2) is 42.0 Å². The summed E-state index contributed by atoms with van der Waals surface area (Å²) in [7, 11) is 3.76. The zero-order valence-corrected chi connectivity index (χ0v) is 11.3. The largest absolute Gasteiger partial charge is 0.378 e. The van der Waals surface area contributed by atoms with E-state index in [-0.39, 0.29) is 5.60 Å². The molecule has 1 fully saturated rings. The Morgan fingerprint density at radius 2 is 2.32 bits per heavy atom. The summed E-state index contributed by atoms with van der Waals surface area (Å²) in [5.74, 6) is 0.865. The first kappa shape index (κ1) is 12.4. The van der Waals surface area contributed by atoms with Crippen LogP contribution in [-0.2, 0) is 16.5 Å². The van der Waals surface area contributed by atoms with Gasteiger partial charge in [-0.2, -0.15) is 0 Å². The smallest absolute Gasteiger partial charge is 0.203 e. The number of para-hydroxylation sites is 2. The minimum Gasteiger partial charge on any atom is -0.378 e. The van der Waals surface area contributed by atoms with Crippen LogP contribution < -0.4 is 5.32 Å². The first-order chi connectivity index (χ1) is 9.24. The van der Waals surface area contributed by atoms with Crippen molar-refractivity contribution in [2.75, 3.05) is 32.2 Å². The van der Waals surface area contributed by atoms with Gasteiger partial charge in [0.25, 0.3) is 0 Å². The number of imidazole rings is 1. The van der Waals surface area contributed by atoms with Gasteiger partial charge in [0, 0.05) is 33.7 Å². The summed E-state index contributed by atoms with van der Waals surface area (Å²) in [4.78, 5) is 4.59. The van der Waals surface area contributed by atoms with Crippen molar-refractivity contribution in [1.29, 1.82) is 0 Å². The number of anilines is 1. The fourth-order valence-corrected chi connectivity index (χ4v) is 2.50. The Hall–Kier alpha value is -1.59. The Morgan fingerprint density at radius 1 is 1.47 bits per heavy atom. The predicted octanol–water partition coefficient (Wildman–Crippen LogP) is 1.79. The minimum absolute atomic E-state index is 0.224. The molecule has 102 valence electrons. The van der Waals surface area contributed by atoms with Crippen molar-refractivity contribution in [3.8, 4) is 0 Å². The van der Waals surface area contributed by atoms with Crippen LogP contribution in [0.5, 0.6) is 0 Å². The number of hydrogen-bond acceptors (Lipinski definition) is 4. The molecule has 1 aromatic carbocycles. The second-order valence-electron chi connectivity index (χ2n) is 5.03. The van der Waals surface area contributed by atoms with Crippen LogP contribution in [0.15, 0.2) is 24.3 Å². The first-order valence-corrected chi connectivity index (χ1v) is 6.52. The topological polar surface area (TPSA) is 48.3 Å². The third-order valence-electron chi connectivity index (χ3n) is 3.86. The zero-order chi connectivity index (χ0) is 13.3. The fraction of sp³-hybridized carbons (Fsp3) is 0.500. The highest BCUT2D eigenvalue weighted by Gasteiger charge is 2.35. The highest BCUT2D eigenvalue weighted by Crippen LogP contribution is 2.24. The maximum atomic E-state index is 5.61. The predicted molar refractivity (Wildman–Crippen MR) is 74.4 cm³/mol. The van der Waals surface area contributed by atoms with E-state index in [0.717, 1.165) is 30.0 Å². The lowest BCUT2D eigenvalue weighted by Crippen LogP contribution is -2.40. The first-order valence-electron chi connectivity index (χ1n) is 6.52. The lowest BCUT2D eigenvalue weighted by atomic mass is 10.0. The molecule has 0 radical (unpaired) electrons. The maximum Gasteiger partial charge on any atom is 0.203 e. The van der Waals surface area contributed by atoms with Gasteiger partial charge >= 0.3 is 0 Å². The van der Waals surface area contributed by atoms with Gasteiger partial charge in [0.05, 0.1) is 17.6 Å². The van der Waals surface area contributed by atoms with Crippen molar-refractivity contribution in [2.24, 2.45) is 7.05 Å². The SMILES string of the molecule is COC1(CNc2nc3ccccc3n2C)CCOC1. The number of rotatable bonds is 4. The van der Waals surface area contributed by atoms with E-state index in [1.807, 2.05) is 25.2 Å². The summed E-state index contributed by atoms with van der Waals surface area (Å²) in [5.41, 5.74) is 1.90. The van der Waals surface area contributed by atoms with Gasteiger partial charge in [-0.25, -0.2) is 4.98 Å². The summed E-state index contributed by atoms with van der Waals surface area (Å²) >= 11 is 0. The lowest BCUT2D eigenvalue weighted by molar-refractivity contribution is -0.00633. The van der Waals surface area contributed by atoms with E-state index in [1.54, 1.807) is 7.11 Å². The average molecular weight is 261 g/mol. The second kappa shape index (κ2) is 4.83. The summed E-state index contributed by atoms with van der Waals surface area (Å²) in [5, 5.41) is 3.38. The number of nitrogens with zero attached hydrogens (tertiary/aromatic N) is 2. The van der Waals surface area contributed by atoms with Crippen LogP contribution >= 0.6 is 0 Å². The minimum atomic E-state index is -0.224. The quantitative estimate of drug-likeness (QED) is 0.911. The Kier molecular flexibility index (Phi) is 3.16. The molecular formula is C14H19N3O2. The van der Waals surface area contributed by atoms with Crippen molar-refractivity contribution >= 4 is 17.0 Å². The van der Waals surface area contributed by atoms with Crippen LogP contribution in [0, 0.1) is 0 Å². The van der Waals surface area contributed by atoms with Crippen molar-refractivity contribution < 1.29 is 9.47 Å². The molecule has 2 aromatic rings. The molecule has 0 amide bonds. The van der Waals surface area contributed by atoms with Crippen LogP contribution in [0.4, 0.5) is 5.95 Å². The average Bonchev–Trinajstić information content (AvgIpc) is 3.03. The monoisotopic (exact) mass is 261 g/mol. The Labute approximate surface area is 112 Å². The molecule has 1 aliphatic heterocycles. The van der Waals surface area contributed by atoms with Gasteiger partial charge in [-0.3, -0.25) is 0 Å². The Balaban J connectivity index is 1.80. The molecule has 1 N–H and O–H groups in total. The van der Waals surface area contributed by atoms with E-state index in [9.17, 15) is 0 Å². The molecule has 1 atom stereocenters. The Bertz CT molecular complexity index is 573. The van der Waals surface area contributed by atoms with Crippen molar-refractivity contribution in [3.05, 3.63) is 24.3 Å². The molecular weight excluding hydrogens is 242 g/mol. The molecule has 0 spiro atoms. The summed E-state index contributed by atoms with van der Waals surface area (Å²) in [6.07, 6.45) is 0.917. The number of fused-ring (bicyclic) bond motifs is 1. The number of ether oxygens (including phenoxy) is 2. The molecule has 5 nitrogen and oxygen atoms in total. The maximum absolute atomic E-state index is 5.61. The molecule has 0 aliphatic carbocycles. The number of nitrogens with one attached hydrogen (secondary N) is 1. The zero-order valence-electron chi connectivity index (χ0n) is 11.3. The van der Waals surface area contributed by atoms with E-state index in [4.69, 9.17) is 9.47 Å². The van der Waals surface area contributed by atoms with E-state index in [2.05, 4.69) is 20.9 Å². The van der Waals surface area contributed by atoms with Crippen LogP contribution in [0.3, 0.4) is 0 Å². The molecule has 0 bridgehead atoms. The number of methoxy groups -OCH3 is 1. The van der Waals surface area contributed by atoms with E-state index in [1.165, 1.54) is 0 Å². The summed E-state index contributed by atoms with van der Waals surface area (Å²) in [6.45, 7) is 2.11. The van der Waals surface area contributed by atoms with Gasteiger partial charge in [0.2, 0.25) is 5.95 Å². The number of hydrogen-bond donors (Lipinski definition) is 1. The van der Waals surface area contributed by atoms with Gasteiger partial charge in [0.1, 0.15) is 5.60 Å². The lowest BCUT2D eigenvalue weighted by Gasteiger charge is -2.26. The molecule has 3 rings (SSSR count). The van der Waals surface area contributed by atoms with Crippen molar-refractivity contribution in [3.63, 3.8) is 0 Å². The van der Waals surface area contributed by atoms with Gasteiger partial charge < -0.3 is 19.4 Å². The standard InChI is InChI=1S/C14H19N3O2/c1-17-12-6-4-3-5-11(12)16-13(17)15-9-14(18-2)7-8-19-10-14/h3-6H,7-10H2,1-2H3,(H,15,16). The molecule has 0 saturated carbocycles. The summed E-state index contributed by atoms with van der Waals surface area (Å²) in [6, 6.07) is 8.11. The van der Waals surface area contributed by atoms with Crippen molar-refractivity contribution in [1.82, 2.24) is 9.55 Å². The van der Waals surface area contributed by atoms with Crippen LogP contribution in [0.25, 0.3) is 11.0 Å². The number of benzene rings is 1. The fourth-order valence-electron chi connectivity index (χ4n) is 2.50. The molecule has 2 heterocycles. The van der Waals surface area contributed by atoms with Crippen LogP contribution in [0.1, 0.15) is 6.42 Å². The van der Waals surface area contributed by atoms with Crippen molar-refractivity contribution in [2.45, 2.75) is 12.0 Å². The molecule has 1 aromatic heterocycles. The highest BCUT2D eigenvalue weighted by atomic mass is 16.5. The molecule has 5 heteroatoms. The third kappa shape index (κ3) is 2.19. The van der Waals surface area contributed by atoms with E-state index >= 15 is 0 Å². The molecule has 1 aliphatic rings. The molecule has 1 unspecified atom stereocenters.